The third-order valence-corrected chi connectivity index (χ3v) is 2.90. The van der Waals surface area contributed by atoms with Crippen LogP contribution in [0.1, 0.15) is 25.8 Å². The van der Waals surface area contributed by atoms with E-state index in [1.165, 1.54) is 12.1 Å². The second-order valence-electron chi connectivity index (χ2n) is 4.56. The summed E-state index contributed by atoms with van der Waals surface area (Å²) in [5, 5.41) is 0. The van der Waals surface area contributed by atoms with E-state index in [2.05, 4.69) is 0 Å². The zero-order valence-electron chi connectivity index (χ0n) is 10.5. The molecule has 17 heavy (non-hydrogen) atoms. The molecule has 0 fully saturated rings. The van der Waals surface area contributed by atoms with Gasteiger partial charge in [-0.15, -0.1) is 0 Å². The number of hydrogen-bond donors (Lipinski definition) is 1. The van der Waals surface area contributed by atoms with Gasteiger partial charge in [0.2, 0.25) is 5.91 Å². The summed E-state index contributed by atoms with van der Waals surface area (Å²) in [4.78, 5) is 13.6. The molecular weight excluding hydrogens is 219 g/mol. The van der Waals surface area contributed by atoms with Crippen LogP contribution in [-0.4, -0.2) is 23.4 Å². The summed E-state index contributed by atoms with van der Waals surface area (Å²) in [5.74, 6) is -0.385. The van der Waals surface area contributed by atoms with Crippen LogP contribution in [0.2, 0.25) is 0 Å². The number of halogens is 1. The van der Waals surface area contributed by atoms with E-state index in [1.807, 2.05) is 6.92 Å². The van der Waals surface area contributed by atoms with Gasteiger partial charge in [-0.05, 0) is 31.0 Å². The normalized spacial score (nSPS) is 14.2. The van der Waals surface area contributed by atoms with E-state index in [4.69, 9.17) is 5.73 Å². The summed E-state index contributed by atoms with van der Waals surface area (Å²) in [6.07, 6.45) is 0.583. The molecule has 0 saturated carbocycles. The van der Waals surface area contributed by atoms with Crippen LogP contribution in [0.5, 0.6) is 0 Å². The van der Waals surface area contributed by atoms with Gasteiger partial charge in [0.05, 0.1) is 5.54 Å². The van der Waals surface area contributed by atoms with Gasteiger partial charge in [0.15, 0.2) is 0 Å². The van der Waals surface area contributed by atoms with E-state index in [0.29, 0.717) is 13.0 Å². The highest BCUT2D eigenvalue weighted by Crippen LogP contribution is 2.12. The van der Waals surface area contributed by atoms with Crippen molar-refractivity contribution < 1.29 is 9.18 Å². The number of benzene rings is 1. The number of likely N-dealkylation sites (N-methyl/N-ethyl adjacent to an activating group) is 1. The van der Waals surface area contributed by atoms with Crippen molar-refractivity contribution in [2.75, 3.05) is 7.05 Å². The quantitative estimate of drug-likeness (QED) is 0.871. The van der Waals surface area contributed by atoms with Crippen LogP contribution < -0.4 is 5.73 Å². The summed E-state index contributed by atoms with van der Waals surface area (Å²) in [5.41, 5.74) is 5.93. The first-order chi connectivity index (χ1) is 7.86. The van der Waals surface area contributed by atoms with Gasteiger partial charge in [-0.2, -0.15) is 0 Å². The van der Waals surface area contributed by atoms with Gasteiger partial charge in [0, 0.05) is 13.6 Å². The first kappa shape index (κ1) is 13.6. The lowest BCUT2D eigenvalue weighted by Crippen LogP contribution is -2.51. The molecule has 1 aromatic carbocycles. The second kappa shape index (κ2) is 5.27. The lowest BCUT2D eigenvalue weighted by molar-refractivity contribution is -0.135. The topological polar surface area (TPSA) is 46.3 Å². The highest BCUT2D eigenvalue weighted by molar-refractivity contribution is 5.85. The zero-order valence-corrected chi connectivity index (χ0v) is 10.5. The number of nitrogens with two attached hydrogens (primary N) is 1. The molecular formula is C13H19FN2O. The molecule has 1 atom stereocenters. The first-order valence-corrected chi connectivity index (χ1v) is 5.65. The van der Waals surface area contributed by atoms with Gasteiger partial charge in [-0.3, -0.25) is 4.79 Å². The molecule has 1 unspecified atom stereocenters. The fourth-order valence-electron chi connectivity index (χ4n) is 1.52. The van der Waals surface area contributed by atoms with Crippen molar-refractivity contribution >= 4 is 5.91 Å². The third-order valence-electron chi connectivity index (χ3n) is 2.90. The standard InChI is InChI=1S/C13H19FN2O/c1-4-13(2,15)12(17)16(3)9-10-5-7-11(14)8-6-10/h5-8H,4,9,15H2,1-3H3. The molecule has 1 amide bonds. The Balaban J connectivity index is 2.69. The van der Waals surface area contributed by atoms with Gasteiger partial charge in [0.1, 0.15) is 5.82 Å². The van der Waals surface area contributed by atoms with Crippen LogP contribution in [0.3, 0.4) is 0 Å². The number of carbonyl (C=O) groups excluding carboxylic acids is 1. The molecule has 1 aromatic rings. The molecule has 3 nitrogen and oxygen atoms in total. The van der Waals surface area contributed by atoms with Crippen molar-refractivity contribution in [3.63, 3.8) is 0 Å². The van der Waals surface area contributed by atoms with Gasteiger partial charge in [-0.25, -0.2) is 4.39 Å². The van der Waals surface area contributed by atoms with E-state index in [9.17, 15) is 9.18 Å². The fourth-order valence-corrected chi connectivity index (χ4v) is 1.52. The van der Waals surface area contributed by atoms with Crippen molar-refractivity contribution in [2.45, 2.75) is 32.4 Å². The Labute approximate surface area is 101 Å². The summed E-state index contributed by atoms with van der Waals surface area (Å²) >= 11 is 0. The Morgan fingerprint density at radius 1 is 1.41 bits per heavy atom. The van der Waals surface area contributed by atoms with Gasteiger partial charge < -0.3 is 10.6 Å². The van der Waals surface area contributed by atoms with Gasteiger partial charge >= 0.3 is 0 Å². The SMILES string of the molecule is CCC(C)(N)C(=O)N(C)Cc1ccc(F)cc1. The Bertz CT molecular complexity index is 387. The molecule has 0 bridgehead atoms. The van der Waals surface area contributed by atoms with Crippen molar-refractivity contribution in [3.05, 3.63) is 35.6 Å². The van der Waals surface area contributed by atoms with Crippen LogP contribution in [0, 0.1) is 5.82 Å². The maximum atomic E-state index is 12.7. The van der Waals surface area contributed by atoms with Crippen LogP contribution in [-0.2, 0) is 11.3 Å². The number of nitrogens with zero attached hydrogens (tertiary/aromatic N) is 1. The minimum atomic E-state index is -0.839. The monoisotopic (exact) mass is 238 g/mol. The molecule has 0 saturated heterocycles. The fraction of sp³-hybridized carbons (Fsp3) is 0.462. The molecule has 0 radical (unpaired) electrons. The molecule has 0 aliphatic rings. The average molecular weight is 238 g/mol. The summed E-state index contributed by atoms with van der Waals surface area (Å²) in [7, 11) is 1.70. The van der Waals surface area contributed by atoms with E-state index in [1.54, 1.807) is 31.0 Å². The maximum absolute atomic E-state index is 12.7. The number of carbonyl (C=O) groups is 1. The summed E-state index contributed by atoms with van der Waals surface area (Å²) in [6.45, 7) is 4.03. The zero-order chi connectivity index (χ0) is 13.1. The van der Waals surface area contributed by atoms with Crippen LogP contribution in [0.4, 0.5) is 4.39 Å². The highest BCUT2D eigenvalue weighted by Gasteiger charge is 2.28. The minimum Gasteiger partial charge on any atom is -0.340 e. The first-order valence-electron chi connectivity index (χ1n) is 5.65. The molecule has 1 rings (SSSR count). The largest absolute Gasteiger partial charge is 0.340 e. The van der Waals surface area contributed by atoms with Gasteiger partial charge in [-0.1, -0.05) is 19.1 Å². The third kappa shape index (κ3) is 3.53. The Hall–Kier alpha value is -1.42. The molecule has 94 valence electrons. The van der Waals surface area contributed by atoms with Crippen molar-refractivity contribution in [1.82, 2.24) is 4.90 Å². The summed E-state index contributed by atoms with van der Waals surface area (Å²) in [6, 6.07) is 6.10. The lowest BCUT2D eigenvalue weighted by atomic mass is 9.98. The minimum absolute atomic E-state index is 0.107. The number of amides is 1. The Morgan fingerprint density at radius 2 is 1.94 bits per heavy atom. The van der Waals surface area contributed by atoms with E-state index < -0.39 is 5.54 Å². The highest BCUT2D eigenvalue weighted by atomic mass is 19.1. The van der Waals surface area contributed by atoms with Crippen LogP contribution >= 0.6 is 0 Å². The number of hydrogen-bond acceptors (Lipinski definition) is 2. The smallest absolute Gasteiger partial charge is 0.242 e. The number of rotatable bonds is 4. The molecule has 0 heterocycles. The van der Waals surface area contributed by atoms with Crippen LogP contribution in [0.25, 0.3) is 0 Å². The molecule has 2 N–H and O–H groups in total. The van der Waals surface area contributed by atoms with Gasteiger partial charge in [0.25, 0.3) is 0 Å². The van der Waals surface area contributed by atoms with Crippen molar-refractivity contribution in [3.8, 4) is 0 Å². The predicted molar refractivity (Wildman–Crippen MR) is 65.8 cm³/mol. The Kier molecular flexibility index (Phi) is 4.23. The lowest BCUT2D eigenvalue weighted by Gasteiger charge is -2.28. The van der Waals surface area contributed by atoms with E-state index in [0.717, 1.165) is 5.56 Å². The van der Waals surface area contributed by atoms with Crippen molar-refractivity contribution in [1.29, 1.82) is 0 Å². The maximum Gasteiger partial charge on any atom is 0.242 e. The molecule has 0 aliphatic heterocycles. The summed E-state index contributed by atoms with van der Waals surface area (Å²) < 4.78 is 12.7. The van der Waals surface area contributed by atoms with E-state index >= 15 is 0 Å². The molecule has 0 spiro atoms. The molecule has 4 heteroatoms. The molecule has 0 aliphatic carbocycles. The predicted octanol–water partition coefficient (Wildman–Crippen LogP) is 1.91. The Morgan fingerprint density at radius 3 is 2.41 bits per heavy atom. The second-order valence-corrected chi connectivity index (χ2v) is 4.56. The van der Waals surface area contributed by atoms with E-state index in [-0.39, 0.29) is 11.7 Å². The van der Waals surface area contributed by atoms with Crippen LogP contribution in [0.15, 0.2) is 24.3 Å². The van der Waals surface area contributed by atoms with Crippen molar-refractivity contribution in [2.24, 2.45) is 5.73 Å². The molecule has 0 aromatic heterocycles. The average Bonchev–Trinajstić information content (AvgIpc) is 2.31.